The number of hydrogen-bond donors (Lipinski definition) is 1. The number of halogens is 1. The molecule has 3 heterocycles. The van der Waals surface area contributed by atoms with Gasteiger partial charge in [-0.3, -0.25) is 9.62 Å². The number of nitrogens with zero attached hydrogens (tertiary/aromatic N) is 4. The van der Waals surface area contributed by atoms with Gasteiger partial charge in [0.05, 0.1) is 12.1 Å². The number of sulfonamides is 1. The zero-order valence-corrected chi connectivity index (χ0v) is 20.0. The topological polar surface area (TPSA) is 78.4 Å². The molecule has 2 aromatic heterocycles. The maximum atomic E-state index is 14.9. The van der Waals surface area contributed by atoms with Gasteiger partial charge in [0.15, 0.2) is 5.82 Å². The number of nitrogens with one attached hydrogen (secondary N) is 1. The molecule has 11 heteroatoms. The number of thiazole rings is 2. The van der Waals surface area contributed by atoms with Crippen molar-refractivity contribution in [1.82, 2.24) is 14.9 Å². The van der Waals surface area contributed by atoms with Crippen LogP contribution in [-0.2, 0) is 16.6 Å². The summed E-state index contributed by atoms with van der Waals surface area (Å²) in [5.74, 6) is -0.590. The highest BCUT2D eigenvalue weighted by Crippen LogP contribution is 2.30. The lowest BCUT2D eigenvalue weighted by Crippen LogP contribution is -2.35. The van der Waals surface area contributed by atoms with Crippen LogP contribution in [0.1, 0.15) is 22.7 Å². The fraction of sp³-hybridized carbons (Fsp3) is 0.400. The first kappa shape index (κ1) is 22.1. The number of anilines is 2. The molecule has 7 nitrogen and oxygen atoms in total. The fourth-order valence-corrected chi connectivity index (χ4v) is 6.34. The molecule has 1 aliphatic heterocycles. The summed E-state index contributed by atoms with van der Waals surface area (Å²) >= 11 is 2.93. The Kier molecular flexibility index (Phi) is 6.29. The van der Waals surface area contributed by atoms with Crippen molar-refractivity contribution in [2.75, 3.05) is 29.8 Å². The van der Waals surface area contributed by atoms with Gasteiger partial charge in [0, 0.05) is 48.3 Å². The van der Waals surface area contributed by atoms with E-state index in [4.69, 9.17) is 0 Å². The fourth-order valence-electron chi connectivity index (χ4n) is 3.82. The summed E-state index contributed by atoms with van der Waals surface area (Å²) in [6.07, 6.45) is 0.952. The number of aromatic nitrogens is 2. The molecule has 166 valence electrons. The molecule has 1 atom stereocenters. The predicted octanol–water partition coefficient (Wildman–Crippen LogP) is 3.87. The highest BCUT2D eigenvalue weighted by Gasteiger charge is 2.29. The second-order valence-corrected chi connectivity index (χ2v) is 11.0. The molecule has 0 aliphatic carbocycles. The number of rotatable bonds is 7. The van der Waals surface area contributed by atoms with Crippen molar-refractivity contribution in [2.24, 2.45) is 0 Å². The lowest BCUT2D eigenvalue weighted by molar-refractivity contribution is 0.325. The van der Waals surface area contributed by atoms with Crippen LogP contribution in [0.3, 0.4) is 0 Å². The van der Waals surface area contributed by atoms with Gasteiger partial charge in [0.2, 0.25) is 0 Å². The highest BCUT2D eigenvalue weighted by atomic mass is 32.2. The van der Waals surface area contributed by atoms with E-state index >= 15 is 0 Å². The van der Waals surface area contributed by atoms with Gasteiger partial charge >= 0.3 is 0 Å². The molecule has 31 heavy (non-hydrogen) atoms. The molecule has 1 aromatic carbocycles. The molecule has 1 aliphatic rings. The molecule has 0 amide bonds. The Labute approximate surface area is 189 Å². The van der Waals surface area contributed by atoms with Crippen molar-refractivity contribution in [1.29, 1.82) is 0 Å². The van der Waals surface area contributed by atoms with Crippen molar-refractivity contribution in [2.45, 2.75) is 37.8 Å². The smallest absolute Gasteiger partial charge is 0.266 e. The molecular weight excluding hydrogens is 457 g/mol. The van der Waals surface area contributed by atoms with Gasteiger partial charge in [-0.25, -0.2) is 22.8 Å². The number of hydrogen-bond acceptors (Lipinski definition) is 8. The van der Waals surface area contributed by atoms with E-state index < -0.39 is 15.8 Å². The zero-order valence-electron chi connectivity index (χ0n) is 17.5. The Morgan fingerprint density at radius 1 is 1.32 bits per heavy atom. The Morgan fingerprint density at radius 3 is 2.81 bits per heavy atom. The van der Waals surface area contributed by atoms with Crippen LogP contribution >= 0.6 is 22.7 Å². The maximum Gasteiger partial charge on any atom is 0.266 e. The predicted molar refractivity (Wildman–Crippen MR) is 123 cm³/mol. The molecule has 4 rings (SSSR count). The average molecular weight is 482 g/mol. The molecular formula is C20H24FN5O2S3. The van der Waals surface area contributed by atoms with Crippen LogP contribution in [0.5, 0.6) is 0 Å². The minimum atomic E-state index is -4.05. The van der Waals surface area contributed by atoms with E-state index in [9.17, 15) is 12.8 Å². The normalized spacial score (nSPS) is 17.2. The standard InChI is InChI=1S/C20H24FN5O2S3/c1-13-6-18(31(27,28)24-19-11-29-12-22-19)16(21)7-17(13)25(3)15-4-5-26(8-15)9-20-23-14(2)10-30-20/h6-7,10-12,15,24H,4-5,8-9H2,1-3H3. The molecule has 1 saturated heterocycles. The molecule has 0 radical (unpaired) electrons. The molecule has 1 N–H and O–H groups in total. The summed E-state index contributed by atoms with van der Waals surface area (Å²) in [5, 5.41) is 4.72. The Bertz CT molecular complexity index is 1160. The molecule has 0 bridgehead atoms. The Morgan fingerprint density at radius 2 is 2.13 bits per heavy atom. The Balaban J connectivity index is 1.49. The van der Waals surface area contributed by atoms with E-state index in [2.05, 4.69) is 29.9 Å². The largest absolute Gasteiger partial charge is 0.370 e. The quantitative estimate of drug-likeness (QED) is 0.552. The summed E-state index contributed by atoms with van der Waals surface area (Å²) in [6, 6.07) is 2.92. The molecule has 0 saturated carbocycles. The van der Waals surface area contributed by atoms with E-state index in [-0.39, 0.29) is 16.8 Å². The van der Waals surface area contributed by atoms with Crippen molar-refractivity contribution in [3.8, 4) is 0 Å². The second-order valence-electron chi connectivity index (χ2n) is 7.72. The van der Waals surface area contributed by atoms with Gasteiger partial charge in [-0.1, -0.05) is 0 Å². The van der Waals surface area contributed by atoms with Crippen LogP contribution in [0.4, 0.5) is 15.9 Å². The third-order valence-electron chi connectivity index (χ3n) is 5.41. The van der Waals surface area contributed by atoms with Gasteiger partial charge in [-0.05, 0) is 38.0 Å². The highest BCUT2D eigenvalue weighted by molar-refractivity contribution is 7.92. The van der Waals surface area contributed by atoms with Gasteiger partial charge in [0.1, 0.15) is 15.7 Å². The van der Waals surface area contributed by atoms with Crippen LogP contribution in [0.25, 0.3) is 0 Å². The SMILES string of the molecule is Cc1csc(CN2CCC(N(C)c3cc(F)c(S(=O)(=O)Nc4cscn4)cc3C)C2)n1. The average Bonchev–Trinajstić information content (AvgIpc) is 3.46. The summed E-state index contributed by atoms with van der Waals surface area (Å²) < 4.78 is 42.4. The van der Waals surface area contributed by atoms with E-state index in [1.54, 1.807) is 23.6 Å². The van der Waals surface area contributed by atoms with E-state index in [1.807, 2.05) is 14.0 Å². The summed E-state index contributed by atoms with van der Waals surface area (Å²) in [5.41, 5.74) is 3.95. The van der Waals surface area contributed by atoms with Crippen molar-refractivity contribution in [3.63, 3.8) is 0 Å². The number of benzene rings is 1. The lowest BCUT2D eigenvalue weighted by Gasteiger charge is -2.29. The molecule has 3 aromatic rings. The first-order valence-corrected chi connectivity index (χ1v) is 13.1. The van der Waals surface area contributed by atoms with Gasteiger partial charge in [0.25, 0.3) is 10.0 Å². The molecule has 0 spiro atoms. The first-order valence-electron chi connectivity index (χ1n) is 9.80. The van der Waals surface area contributed by atoms with Crippen LogP contribution in [0.15, 0.2) is 33.3 Å². The van der Waals surface area contributed by atoms with Crippen LogP contribution in [-0.4, -0.2) is 49.5 Å². The lowest BCUT2D eigenvalue weighted by atomic mass is 10.1. The number of likely N-dealkylation sites (tertiary alicyclic amines) is 1. The Hall–Kier alpha value is -2.08. The van der Waals surface area contributed by atoms with E-state index in [0.717, 1.165) is 36.8 Å². The second kappa shape index (κ2) is 8.81. The number of likely N-dealkylation sites (N-methyl/N-ethyl adjacent to an activating group) is 1. The summed E-state index contributed by atoms with van der Waals surface area (Å²) in [6.45, 7) is 6.41. The van der Waals surface area contributed by atoms with E-state index in [1.165, 1.54) is 29.0 Å². The third kappa shape index (κ3) is 4.89. The van der Waals surface area contributed by atoms with Gasteiger partial charge in [-0.15, -0.1) is 22.7 Å². The van der Waals surface area contributed by atoms with Crippen LogP contribution < -0.4 is 9.62 Å². The van der Waals surface area contributed by atoms with Gasteiger partial charge < -0.3 is 4.90 Å². The number of aryl methyl sites for hydroxylation is 2. The third-order valence-corrected chi connectivity index (χ3v) is 8.32. The van der Waals surface area contributed by atoms with Crippen molar-refractivity contribution < 1.29 is 12.8 Å². The first-order chi connectivity index (χ1) is 14.7. The summed E-state index contributed by atoms with van der Waals surface area (Å²) in [4.78, 5) is 12.5. The molecule has 1 fully saturated rings. The van der Waals surface area contributed by atoms with Crippen molar-refractivity contribution >= 4 is 44.2 Å². The van der Waals surface area contributed by atoms with Gasteiger partial charge in [-0.2, -0.15) is 0 Å². The minimum Gasteiger partial charge on any atom is -0.370 e. The zero-order chi connectivity index (χ0) is 22.2. The van der Waals surface area contributed by atoms with Crippen LogP contribution in [0, 0.1) is 19.7 Å². The van der Waals surface area contributed by atoms with Crippen LogP contribution in [0.2, 0.25) is 0 Å². The summed E-state index contributed by atoms with van der Waals surface area (Å²) in [7, 11) is -2.12. The minimum absolute atomic E-state index is 0.185. The maximum absolute atomic E-state index is 14.9. The van der Waals surface area contributed by atoms with E-state index in [0.29, 0.717) is 11.3 Å². The monoisotopic (exact) mass is 481 g/mol. The molecule has 1 unspecified atom stereocenters. The van der Waals surface area contributed by atoms with Crippen molar-refractivity contribution in [3.05, 3.63) is 50.5 Å².